The van der Waals surface area contributed by atoms with Crippen LogP contribution in [0.2, 0.25) is 0 Å². The normalized spacial score (nSPS) is 38.2. The number of esters is 8. The van der Waals surface area contributed by atoms with Crippen LogP contribution in [0.4, 0.5) is 0 Å². The molecule has 0 amide bonds. The third kappa shape index (κ3) is 6.97. The van der Waals surface area contributed by atoms with Gasteiger partial charge in [-0.3, -0.25) is 38.5 Å². The second-order valence-corrected chi connectivity index (χ2v) is 15.3. The summed E-state index contributed by atoms with van der Waals surface area (Å²) in [6.45, 7) is 9.67. The molecule has 4 bridgehead atoms. The summed E-state index contributed by atoms with van der Waals surface area (Å²) in [5.41, 5.74) is -10.1. The van der Waals surface area contributed by atoms with Crippen molar-refractivity contribution in [2.75, 3.05) is 13.2 Å². The van der Waals surface area contributed by atoms with Crippen LogP contribution < -0.4 is 0 Å². The van der Waals surface area contributed by atoms with Crippen molar-refractivity contribution in [2.24, 2.45) is 17.3 Å². The minimum Gasteiger partial charge on any atom is -0.465 e. The molecule has 19 nitrogen and oxygen atoms in total. The van der Waals surface area contributed by atoms with E-state index >= 15 is 0 Å². The van der Waals surface area contributed by atoms with Gasteiger partial charge in [0, 0.05) is 53.7 Å². The van der Waals surface area contributed by atoms with Crippen LogP contribution in [0, 0.1) is 17.3 Å². The maximum Gasteiger partial charge on any atom is 0.340 e. The van der Waals surface area contributed by atoms with Crippen LogP contribution in [0.25, 0.3) is 0 Å². The molecular formula is C38H47NO18. The van der Waals surface area contributed by atoms with E-state index in [4.69, 9.17) is 42.6 Å². The van der Waals surface area contributed by atoms with Gasteiger partial charge in [0.05, 0.1) is 23.1 Å². The summed E-state index contributed by atoms with van der Waals surface area (Å²) in [7, 11) is 0. The van der Waals surface area contributed by atoms with Gasteiger partial charge >= 0.3 is 47.8 Å². The zero-order valence-electron chi connectivity index (χ0n) is 33.2. The van der Waals surface area contributed by atoms with E-state index in [9.17, 15) is 43.5 Å². The number of aliphatic hydroxyl groups is 1. The number of hydrogen-bond acceptors (Lipinski definition) is 19. The number of hydrogen-bond donors (Lipinski definition) is 1. The van der Waals surface area contributed by atoms with Crippen molar-refractivity contribution in [1.82, 2.24) is 4.98 Å². The van der Waals surface area contributed by atoms with Crippen molar-refractivity contribution < 1.29 is 86.1 Å². The lowest BCUT2D eigenvalue weighted by molar-refractivity contribution is -0.387. The number of ether oxygens (including phenoxy) is 9. The summed E-state index contributed by atoms with van der Waals surface area (Å²) in [5, 5.41) is 13.4. The lowest BCUT2D eigenvalue weighted by Crippen LogP contribution is -2.89. The van der Waals surface area contributed by atoms with E-state index < -0.39 is 138 Å². The number of carbonyl (C=O) groups excluding carboxylic acids is 8. The summed E-state index contributed by atoms with van der Waals surface area (Å²) in [5.74, 6) is -11.6. The molecule has 0 aromatic carbocycles. The summed E-state index contributed by atoms with van der Waals surface area (Å²) in [6.07, 6.45) is -10.5. The minimum absolute atomic E-state index is 0.0422. The molecule has 1 N–H and O–H groups in total. The fraction of sp³-hybridized carbons (Fsp3) is 0.658. The second-order valence-electron chi connectivity index (χ2n) is 15.3. The van der Waals surface area contributed by atoms with Crippen molar-refractivity contribution in [1.29, 1.82) is 0 Å². The summed E-state index contributed by atoms with van der Waals surface area (Å²) in [6, 6.07) is 2.89. The summed E-state index contributed by atoms with van der Waals surface area (Å²) >= 11 is 0. The predicted molar refractivity (Wildman–Crippen MR) is 185 cm³/mol. The Morgan fingerprint density at radius 1 is 0.772 bits per heavy atom. The molecule has 1 spiro atoms. The Labute approximate surface area is 327 Å². The number of cyclic esters (lactones) is 1. The first-order valence-corrected chi connectivity index (χ1v) is 18.2. The fourth-order valence-electron chi connectivity index (χ4n) is 9.25. The molecule has 2 aliphatic heterocycles. The lowest BCUT2D eigenvalue weighted by atomic mass is 9.45. The van der Waals surface area contributed by atoms with E-state index in [1.807, 2.05) is 0 Å². The first-order valence-electron chi connectivity index (χ1n) is 18.2. The monoisotopic (exact) mass is 805 g/mol. The fourth-order valence-corrected chi connectivity index (χ4v) is 9.25. The largest absolute Gasteiger partial charge is 0.465 e. The van der Waals surface area contributed by atoms with E-state index in [-0.39, 0.29) is 11.3 Å². The quantitative estimate of drug-likeness (QED) is 0.298. The molecule has 4 aliphatic rings. The third-order valence-electron chi connectivity index (χ3n) is 11.4. The molecule has 1 saturated heterocycles. The third-order valence-corrected chi connectivity index (χ3v) is 11.4. The van der Waals surface area contributed by atoms with E-state index in [1.54, 1.807) is 6.92 Å². The average Bonchev–Trinajstić information content (AvgIpc) is 3.32. The number of aromatic nitrogens is 1. The Morgan fingerprint density at radius 2 is 1.30 bits per heavy atom. The molecule has 13 atom stereocenters. The van der Waals surface area contributed by atoms with Gasteiger partial charge in [-0.25, -0.2) is 4.79 Å². The molecule has 1 aromatic rings. The minimum atomic E-state index is -2.82. The summed E-state index contributed by atoms with van der Waals surface area (Å²) < 4.78 is 54.3. The van der Waals surface area contributed by atoms with Gasteiger partial charge in [0.2, 0.25) is 0 Å². The molecule has 312 valence electrons. The Bertz CT molecular complexity index is 1860. The van der Waals surface area contributed by atoms with E-state index in [0.29, 0.717) is 0 Å². The molecule has 57 heavy (non-hydrogen) atoms. The van der Waals surface area contributed by atoms with Crippen molar-refractivity contribution in [3.8, 4) is 0 Å². The number of carbonyl (C=O) groups is 8. The standard InChI is InChI=1S/C38H47NO18/c1-16-17(2)33(46)56-30-28(52-20(5)42)32(55-23(8)45)37(15-49-18(3)40)31(54-22(7)44)27(51-19(4)41)25-29(53-21(6)43)38(37,36(30,10)48)57-35(25,9)14-50-34(47)24-12-11-13-39-26(16)24/h11-13,16-17,25,27-32,48H,14-15H2,1-10H3/t16-,17+,25-,27+,28-,29+,30-,31+,32-,35-,36-,37+,38-/m0/s1. The Balaban J connectivity index is 2.01. The van der Waals surface area contributed by atoms with Gasteiger partial charge in [0.25, 0.3) is 0 Å². The molecule has 19 heteroatoms. The van der Waals surface area contributed by atoms with Gasteiger partial charge in [-0.1, -0.05) is 13.8 Å². The van der Waals surface area contributed by atoms with Gasteiger partial charge in [-0.15, -0.1) is 0 Å². The van der Waals surface area contributed by atoms with Crippen molar-refractivity contribution in [3.05, 3.63) is 29.6 Å². The van der Waals surface area contributed by atoms with Crippen LogP contribution in [0.15, 0.2) is 18.3 Å². The number of rotatable bonds is 7. The maximum atomic E-state index is 14.3. The number of nitrogens with zero attached hydrogens (tertiary/aromatic N) is 1. The Kier molecular flexibility index (Phi) is 11.5. The highest BCUT2D eigenvalue weighted by molar-refractivity contribution is 5.91. The highest BCUT2D eigenvalue weighted by atomic mass is 16.7. The molecule has 2 saturated carbocycles. The second kappa shape index (κ2) is 15.3. The smallest absolute Gasteiger partial charge is 0.340 e. The number of pyridine rings is 1. The van der Waals surface area contributed by atoms with Crippen molar-refractivity contribution in [3.63, 3.8) is 0 Å². The van der Waals surface area contributed by atoms with Crippen molar-refractivity contribution >= 4 is 47.8 Å². The first kappa shape index (κ1) is 43.0. The topological polar surface area (TPSA) is 253 Å². The lowest BCUT2D eigenvalue weighted by Gasteiger charge is -2.67. The van der Waals surface area contributed by atoms with Gasteiger partial charge < -0.3 is 47.7 Å². The van der Waals surface area contributed by atoms with Crippen LogP contribution in [0.5, 0.6) is 0 Å². The average molecular weight is 806 g/mol. The van der Waals surface area contributed by atoms with E-state index in [1.165, 1.54) is 32.2 Å². The Morgan fingerprint density at radius 3 is 1.84 bits per heavy atom. The summed E-state index contributed by atoms with van der Waals surface area (Å²) in [4.78, 5) is 111. The Hall–Kier alpha value is -5.17. The zero-order valence-corrected chi connectivity index (χ0v) is 33.2. The SMILES string of the molecule is CC(=O)OC[C@]12[C@H](OC(C)=O)[C@H](OC(C)=O)[C@H]3[C@@H](OC(C)=O)[C@@]14O[C@@]3(C)COC(=O)c1cccnc1[C@@H](C)[C@@H](C)C(=O)O[C@@H]([C@H](OC(C)=O)[C@@H]2OC(C)=O)[C@]4(C)O. The first-order chi connectivity index (χ1) is 26.5. The van der Waals surface area contributed by atoms with Gasteiger partial charge in [-0.2, -0.15) is 0 Å². The van der Waals surface area contributed by atoms with Crippen LogP contribution >= 0.6 is 0 Å². The van der Waals surface area contributed by atoms with Crippen LogP contribution in [-0.4, -0.2) is 124 Å². The zero-order chi connectivity index (χ0) is 42.6. The molecule has 0 radical (unpaired) electrons. The van der Waals surface area contributed by atoms with Gasteiger partial charge in [-0.05, 0) is 26.0 Å². The van der Waals surface area contributed by atoms with Gasteiger partial charge in [0.15, 0.2) is 30.0 Å². The highest BCUT2D eigenvalue weighted by Crippen LogP contribution is 2.70. The molecule has 3 heterocycles. The predicted octanol–water partition coefficient (Wildman–Crippen LogP) is 1.03. The highest BCUT2D eigenvalue weighted by Gasteiger charge is 2.92. The van der Waals surface area contributed by atoms with Crippen LogP contribution in [-0.2, 0) is 76.2 Å². The maximum absolute atomic E-state index is 14.3. The van der Waals surface area contributed by atoms with E-state index in [2.05, 4.69) is 4.98 Å². The van der Waals surface area contributed by atoms with E-state index in [0.717, 1.165) is 48.5 Å². The molecule has 1 aromatic heterocycles. The van der Waals surface area contributed by atoms with Crippen LogP contribution in [0.1, 0.15) is 91.2 Å². The molecule has 3 fully saturated rings. The molecule has 5 rings (SSSR count). The molecular weight excluding hydrogens is 758 g/mol. The van der Waals surface area contributed by atoms with Crippen molar-refractivity contribution in [2.45, 2.75) is 129 Å². The van der Waals surface area contributed by atoms with Crippen LogP contribution in [0.3, 0.4) is 0 Å². The molecule has 0 unspecified atom stereocenters. The molecule has 2 aliphatic carbocycles. The number of fused-ring (bicyclic) bond motifs is 5. The van der Waals surface area contributed by atoms with Gasteiger partial charge in [0.1, 0.15) is 42.0 Å².